The van der Waals surface area contributed by atoms with Crippen molar-refractivity contribution in [1.29, 1.82) is 0 Å². The number of nitrogens with one attached hydrogen (secondary N) is 1. The molecule has 0 radical (unpaired) electrons. The lowest BCUT2D eigenvalue weighted by molar-refractivity contribution is 0.0534. The minimum absolute atomic E-state index is 0.172. The van der Waals surface area contributed by atoms with E-state index in [2.05, 4.69) is 5.32 Å². The molecule has 0 saturated heterocycles. The van der Waals surface area contributed by atoms with E-state index in [1.165, 1.54) is 18.9 Å². The highest BCUT2D eigenvalue weighted by atomic mass is 35.5. The Kier molecular flexibility index (Phi) is 4.60. The van der Waals surface area contributed by atoms with Gasteiger partial charge in [-0.3, -0.25) is 0 Å². The third-order valence-corrected chi connectivity index (χ3v) is 3.87. The van der Waals surface area contributed by atoms with E-state index in [4.69, 9.17) is 16.3 Å². The summed E-state index contributed by atoms with van der Waals surface area (Å²) in [5.41, 5.74) is 0.943. The quantitative estimate of drug-likeness (QED) is 0.859. The van der Waals surface area contributed by atoms with Crippen LogP contribution in [0.1, 0.15) is 18.4 Å². The first kappa shape index (κ1) is 13.8. The molecule has 2 nitrogen and oxygen atoms in total. The van der Waals surface area contributed by atoms with Gasteiger partial charge in [0.1, 0.15) is 5.82 Å². The van der Waals surface area contributed by atoms with Crippen molar-refractivity contribution in [2.75, 3.05) is 14.2 Å². The standard InChI is InChI=1S/C14H19ClFNO/c1-17-13(14(18-2)10-4-5-10)8-9-3-6-11(15)12(16)7-9/h3,6-7,10,13-14,17H,4-5,8H2,1-2H3. The van der Waals surface area contributed by atoms with Crippen molar-refractivity contribution in [3.8, 4) is 0 Å². The summed E-state index contributed by atoms with van der Waals surface area (Å²) in [6.07, 6.45) is 3.41. The van der Waals surface area contributed by atoms with Crippen LogP contribution in [0.25, 0.3) is 0 Å². The zero-order chi connectivity index (χ0) is 13.1. The highest BCUT2D eigenvalue weighted by Gasteiger charge is 2.36. The van der Waals surface area contributed by atoms with Crippen LogP contribution in [-0.4, -0.2) is 26.3 Å². The molecule has 0 heterocycles. The van der Waals surface area contributed by atoms with Gasteiger partial charge in [0, 0.05) is 13.2 Å². The molecule has 1 aliphatic carbocycles. The molecule has 1 saturated carbocycles. The molecule has 100 valence electrons. The smallest absolute Gasteiger partial charge is 0.142 e. The monoisotopic (exact) mass is 271 g/mol. The Labute approximate surface area is 112 Å². The molecule has 0 amide bonds. The summed E-state index contributed by atoms with van der Waals surface area (Å²) in [5.74, 6) is 0.286. The summed E-state index contributed by atoms with van der Waals surface area (Å²) < 4.78 is 19.0. The van der Waals surface area contributed by atoms with E-state index >= 15 is 0 Å². The van der Waals surface area contributed by atoms with Gasteiger partial charge in [0.2, 0.25) is 0 Å². The number of likely N-dealkylation sites (N-methyl/N-ethyl adjacent to an activating group) is 1. The maximum atomic E-state index is 13.4. The fraction of sp³-hybridized carbons (Fsp3) is 0.571. The van der Waals surface area contributed by atoms with Gasteiger partial charge in [-0.1, -0.05) is 17.7 Å². The van der Waals surface area contributed by atoms with Gasteiger partial charge in [-0.15, -0.1) is 0 Å². The second-order valence-electron chi connectivity index (χ2n) is 4.89. The van der Waals surface area contributed by atoms with Gasteiger partial charge in [-0.05, 0) is 49.9 Å². The minimum atomic E-state index is -0.357. The first-order chi connectivity index (χ1) is 8.65. The van der Waals surface area contributed by atoms with Crippen molar-refractivity contribution in [3.05, 3.63) is 34.6 Å². The van der Waals surface area contributed by atoms with Crippen molar-refractivity contribution in [2.45, 2.75) is 31.4 Å². The summed E-state index contributed by atoms with van der Waals surface area (Å²) in [7, 11) is 3.67. The van der Waals surface area contributed by atoms with E-state index in [0.29, 0.717) is 5.92 Å². The van der Waals surface area contributed by atoms with E-state index in [0.717, 1.165) is 12.0 Å². The Morgan fingerprint density at radius 3 is 2.72 bits per heavy atom. The molecule has 1 fully saturated rings. The molecule has 0 spiro atoms. The molecule has 2 atom stereocenters. The van der Waals surface area contributed by atoms with Gasteiger partial charge in [-0.25, -0.2) is 4.39 Å². The van der Waals surface area contributed by atoms with Crippen molar-refractivity contribution < 1.29 is 9.13 Å². The van der Waals surface area contributed by atoms with Crippen LogP contribution in [0.4, 0.5) is 4.39 Å². The number of hydrogen-bond donors (Lipinski definition) is 1. The topological polar surface area (TPSA) is 21.3 Å². The summed E-state index contributed by atoms with van der Waals surface area (Å²) in [6, 6.07) is 5.20. The normalized spacial score (nSPS) is 18.7. The van der Waals surface area contributed by atoms with Crippen molar-refractivity contribution in [1.82, 2.24) is 5.32 Å². The van der Waals surface area contributed by atoms with Gasteiger partial charge in [-0.2, -0.15) is 0 Å². The largest absolute Gasteiger partial charge is 0.380 e. The van der Waals surface area contributed by atoms with E-state index in [1.54, 1.807) is 13.2 Å². The molecule has 1 aromatic carbocycles. The summed E-state index contributed by atoms with van der Waals surface area (Å²) in [4.78, 5) is 0. The molecule has 1 N–H and O–H groups in total. The van der Waals surface area contributed by atoms with E-state index < -0.39 is 0 Å². The highest BCUT2D eigenvalue weighted by molar-refractivity contribution is 6.30. The molecule has 0 aliphatic heterocycles. The van der Waals surface area contributed by atoms with Gasteiger partial charge in [0.25, 0.3) is 0 Å². The van der Waals surface area contributed by atoms with Gasteiger partial charge < -0.3 is 10.1 Å². The van der Waals surface area contributed by atoms with Gasteiger partial charge >= 0.3 is 0 Å². The van der Waals surface area contributed by atoms with E-state index in [1.807, 2.05) is 13.1 Å². The van der Waals surface area contributed by atoms with Gasteiger partial charge in [0.05, 0.1) is 11.1 Å². The Hall–Kier alpha value is -0.640. The zero-order valence-corrected chi connectivity index (χ0v) is 11.5. The lowest BCUT2D eigenvalue weighted by Crippen LogP contribution is -2.42. The molecule has 4 heteroatoms. The minimum Gasteiger partial charge on any atom is -0.380 e. The zero-order valence-electron chi connectivity index (χ0n) is 10.7. The predicted octanol–water partition coefficient (Wildman–Crippen LogP) is 3.03. The Morgan fingerprint density at radius 1 is 1.50 bits per heavy atom. The number of halogens is 2. The fourth-order valence-corrected chi connectivity index (χ4v) is 2.53. The van der Waals surface area contributed by atoms with Crippen molar-refractivity contribution in [2.24, 2.45) is 5.92 Å². The van der Waals surface area contributed by atoms with Crippen LogP contribution in [0.15, 0.2) is 18.2 Å². The molecule has 1 aliphatic rings. The molecule has 1 aromatic rings. The van der Waals surface area contributed by atoms with Crippen LogP contribution in [-0.2, 0) is 11.2 Å². The van der Waals surface area contributed by atoms with Crippen LogP contribution in [0.2, 0.25) is 5.02 Å². The van der Waals surface area contributed by atoms with Crippen LogP contribution in [0, 0.1) is 11.7 Å². The number of rotatable bonds is 6. The Morgan fingerprint density at radius 2 is 2.22 bits per heavy atom. The van der Waals surface area contributed by atoms with E-state index in [9.17, 15) is 4.39 Å². The first-order valence-electron chi connectivity index (χ1n) is 6.29. The second kappa shape index (κ2) is 6.00. The second-order valence-corrected chi connectivity index (χ2v) is 5.29. The van der Waals surface area contributed by atoms with Crippen LogP contribution < -0.4 is 5.32 Å². The summed E-state index contributed by atoms with van der Waals surface area (Å²) in [6.45, 7) is 0. The summed E-state index contributed by atoms with van der Waals surface area (Å²) >= 11 is 5.69. The van der Waals surface area contributed by atoms with Crippen molar-refractivity contribution in [3.63, 3.8) is 0 Å². The number of methoxy groups -OCH3 is 1. The summed E-state index contributed by atoms with van der Waals surface area (Å²) in [5, 5.41) is 3.45. The average Bonchev–Trinajstić information content (AvgIpc) is 3.18. The Bertz CT molecular complexity index is 409. The maximum Gasteiger partial charge on any atom is 0.142 e. The molecule has 2 unspecified atom stereocenters. The predicted molar refractivity (Wildman–Crippen MR) is 71.5 cm³/mol. The number of benzene rings is 1. The lowest BCUT2D eigenvalue weighted by Gasteiger charge is -2.26. The molecule has 2 rings (SSSR count). The maximum absolute atomic E-state index is 13.4. The number of hydrogen-bond acceptors (Lipinski definition) is 2. The third-order valence-electron chi connectivity index (χ3n) is 3.57. The molecular formula is C14H19ClFNO. The SMILES string of the molecule is CNC(Cc1ccc(Cl)c(F)c1)C(OC)C1CC1. The molecule has 0 bridgehead atoms. The molecular weight excluding hydrogens is 253 g/mol. The van der Waals surface area contributed by atoms with Crippen LogP contribution in [0.5, 0.6) is 0 Å². The average molecular weight is 272 g/mol. The Balaban J connectivity index is 2.06. The van der Waals surface area contributed by atoms with Crippen molar-refractivity contribution >= 4 is 11.6 Å². The lowest BCUT2D eigenvalue weighted by atomic mass is 9.98. The van der Waals surface area contributed by atoms with Crippen LogP contribution >= 0.6 is 11.6 Å². The van der Waals surface area contributed by atoms with E-state index in [-0.39, 0.29) is 23.0 Å². The molecule has 18 heavy (non-hydrogen) atoms. The van der Waals surface area contributed by atoms with Gasteiger partial charge in [0.15, 0.2) is 0 Å². The van der Waals surface area contributed by atoms with Crippen LogP contribution in [0.3, 0.4) is 0 Å². The number of ether oxygens (including phenoxy) is 1. The molecule has 0 aromatic heterocycles. The third kappa shape index (κ3) is 3.22. The fourth-order valence-electron chi connectivity index (χ4n) is 2.41. The first-order valence-corrected chi connectivity index (χ1v) is 6.67. The highest BCUT2D eigenvalue weighted by Crippen LogP contribution is 2.36.